The smallest absolute Gasteiger partial charge is 0.0498 e. The second-order valence-electron chi connectivity index (χ2n) is 7.12. The predicted octanol–water partition coefficient (Wildman–Crippen LogP) is 6.39. The van der Waals surface area contributed by atoms with Crippen molar-refractivity contribution in [3.63, 3.8) is 0 Å². The number of fused-ring (bicyclic) bond motifs is 5. The molecule has 1 atom stereocenters. The Hall–Kier alpha value is -2.80. The fourth-order valence-electron chi connectivity index (χ4n) is 4.18. The molecule has 0 saturated heterocycles. The highest BCUT2D eigenvalue weighted by Gasteiger charge is 2.16. The molecule has 1 unspecified atom stereocenters. The van der Waals surface area contributed by atoms with Crippen molar-refractivity contribution in [3.8, 4) is 0 Å². The van der Waals surface area contributed by atoms with Gasteiger partial charge in [-0.25, -0.2) is 0 Å². The van der Waals surface area contributed by atoms with Gasteiger partial charge in [-0.1, -0.05) is 66.3 Å². The lowest BCUT2D eigenvalue weighted by Crippen LogP contribution is -2.09. The highest BCUT2D eigenvalue weighted by molar-refractivity contribution is 6.20. The van der Waals surface area contributed by atoms with Gasteiger partial charge in [-0.15, -0.1) is 0 Å². The average molecular weight is 323 g/mol. The van der Waals surface area contributed by atoms with Crippen LogP contribution in [0.1, 0.15) is 12.0 Å². The predicted molar refractivity (Wildman–Crippen MR) is 108 cm³/mol. The maximum Gasteiger partial charge on any atom is 0.0498 e. The summed E-state index contributed by atoms with van der Waals surface area (Å²) in [6.45, 7) is 3.21. The van der Waals surface area contributed by atoms with Gasteiger partial charge in [0, 0.05) is 28.4 Å². The fourth-order valence-corrected chi connectivity index (χ4v) is 4.18. The Morgan fingerprint density at radius 1 is 0.920 bits per heavy atom. The Kier molecular flexibility index (Phi) is 3.27. The van der Waals surface area contributed by atoms with Crippen LogP contribution in [0.25, 0.3) is 32.6 Å². The average Bonchev–Trinajstić information content (AvgIpc) is 2.96. The lowest BCUT2D eigenvalue weighted by Gasteiger charge is -2.16. The van der Waals surface area contributed by atoms with Crippen molar-refractivity contribution in [3.05, 3.63) is 84.5 Å². The lowest BCUT2D eigenvalue weighted by molar-refractivity contribution is 0.554. The van der Waals surface area contributed by atoms with Gasteiger partial charge >= 0.3 is 0 Å². The molecule has 1 heteroatoms. The minimum atomic E-state index is 0.566. The number of benzene rings is 3. The van der Waals surface area contributed by atoms with E-state index < -0.39 is 0 Å². The van der Waals surface area contributed by atoms with Crippen LogP contribution in [0.15, 0.2) is 78.9 Å². The van der Waals surface area contributed by atoms with E-state index in [0.717, 1.165) is 13.0 Å². The molecule has 1 aromatic heterocycles. The maximum atomic E-state index is 2.52. The normalized spacial score (nSPS) is 17.1. The quantitative estimate of drug-likeness (QED) is 0.403. The van der Waals surface area contributed by atoms with Crippen LogP contribution in [-0.2, 0) is 6.54 Å². The van der Waals surface area contributed by atoms with E-state index in [2.05, 4.69) is 90.4 Å². The zero-order valence-electron chi connectivity index (χ0n) is 14.4. The minimum absolute atomic E-state index is 0.566. The molecular weight excluding hydrogens is 302 g/mol. The van der Waals surface area contributed by atoms with Crippen molar-refractivity contribution >= 4 is 32.6 Å². The molecule has 1 aliphatic rings. The molecule has 0 saturated carbocycles. The van der Waals surface area contributed by atoms with E-state index in [-0.39, 0.29) is 0 Å². The van der Waals surface area contributed by atoms with Crippen LogP contribution in [0.4, 0.5) is 0 Å². The van der Waals surface area contributed by atoms with E-state index in [1.165, 1.54) is 38.1 Å². The monoisotopic (exact) mass is 323 g/mol. The van der Waals surface area contributed by atoms with Gasteiger partial charge in [0.05, 0.1) is 0 Å². The summed E-state index contributed by atoms with van der Waals surface area (Å²) in [4.78, 5) is 0. The van der Waals surface area contributed by atoms with Crippen LogP contribution in [0.5, 0.6) is 0 Å². The number of hydrogen-bond acceptors (Lipinski definition) is 0. The van der Waals surface area contributed by atoms with Crippen molar-refractivity contribution in [1.82, 2.24) is 4.57 Å². The first-order valence-electron chi connectivity index (χ1n) is 9.05. The van der Waals surface area contributed by atoms with Crippen molar-refractivity contribution < 1.29 is 0 Å². The number of hydrogen-bond donors (Lipinski definition) is 0. The van der Waals surface area contributed by atoms with Crippen LogP contribution in [-0.4, -0.2) is 4.57 Å². The fraction of sp³-hybridized carbons (Fsp3) is 0.167. The summed E-state index contributed by atoms with van der Waals surface area (Å²) in [5.41, 5.74) is 4.02. The highest BCUT2D eigenvalue weighted by atomic mass is 15.0. The summed E-state index contributed by atoms with van der Waals surface area (Å²) in [5.74, 6) is 0.566. The molecule has 0 spiro atoms. The molecule has 0 amide bonds. The summed E-state index contributed by atoms with van der Waals surface area (Å²) in [7, 11) is 0. The van der Waals surface area contributed by atoms with Crippen LogP contribution in [0.2, 0.25) is 0 Å². The van der Waals surface area contributed by atoms with Gasteiger partial charge in [-0.05, 0) is 48.2 Å². The van der Waals surface area contributed by atoms with Gasteiger partial charge in [-0.2, -0.15) is 0 Å². The SMILES string of the molecule is Cc1ccc2c(c1)c1c3ccccc3ccc1n2CC1C=CC=CC1. The molecule has 0 N–H and O–H groups in total. The number of aryl methyl sites for hydroxylation is 1. The molecule has 0 bridgehead atoms. The minimum Gasteiger partial charge on any atom is -0.340 e. The second kappa shape index (κ2) is 5.63. The highest BCUT2D eigenvalue weighted by Crippen LogP contribution is 2.36. The molecule has 5 rings (SSSR count). The lowest BCUT2D eigenvalue weighted by atomic mass is 10.0. The molecule has 25 heavy (non-hydrogen) atoms. The Balaban J connectivity index is 1.84. The standard InChI is InChI=1S/C24H21N/c1-17-11-13-22-21(15-17)24-20-10-6-5-9-19(20)12-14-23(24)25(22)16-18-7-3-2-4-8-18/h2-7,9-15,18H,8,16H2,1H3. The largest absolute Gasteiger partial charge is 0.340 e. The molecule has 0 fully saturated rings. The second-order valence-corrected chi connectivity index (χ2v) is 7.12. The topological polar surface area (TPSA) is 4.93 Å². The van der Waals surface area contributed by atoms with Gasteiger partial charge in [0.25, 0.3) is 0 Å². The summed E-state index contributed by atoms with van der Waals surface area (Å²) in [6, 6.07) is 20.2. The molecule has 1 aliphatic carbocycles. The van der Waals surface area contributed by atoms with Crippen LogP contribution < -0.4 is 0 Å². The van der Waals surface area contributed by atoms with E-state index in [4.69, 9.17) is 0 Å². The van der Waals surface area contributed by atoms with Crippen molar-refractivity contribution in [1.29, 1.82) is 0 Å². The molecule has 1 nitrogen and oxygen atoms in total. The van der Waals surface area contributed by atoms with Crippen molar-refractivity contribution in [2.75, 3.05) is 0 Å². The molecule has 0 aliphatic heterocycles. The molecule has 122 valence electrons. The summed E-state index contributed by atoms with van der Waals surface area (Å²) in [5, 5.41) is 5.44. The van der Waals surface area contributed by atoms with Crippen LogP contribution >= 0.6 is 0 Å². The molecule has 3 aromatic carbocycles. The number of nitrogens with zero attached hydrogens (tertiary/aromatic N) is 1. The van der Waals surface area contributed by atoms with E-state index in [1.54, 1.807) is 0 Å². The Bertz CT molecular complexity index is 1160. The van der Waals surface area contributed by atoms with Gasteiger partial charge in [0.1, 0.15) is 0 Å². The zero-order valence-corrected chi connectivity index (χ0v) is 14.4. The van der Waals surface area contributed by atoms with Crippen LogP contribution in [0.3, 0.4) is 0 Å². The van der Waals surface area contributed by atoms with E-state index in [9.17, 15) is 0 Å². The van der Waals surface area contributed by atoms with Gasteiger partial charge in [-0.3, -0.25) is 0 Å². The zero-order chi connectivity index (χ0) is 16.8. The van der Waals surface area contributed by atoms with Crippen LogP contribution in [0, 0.1) is 12.8 Å². The summed E-state index contributed by atoms with van der Waals surface area (Å²) in [6.07, 6.45) is 10.1. The third kappa shape index (κ3) is 2.31. The Labute approximate surface area is 147 Å². The Morgan fingerprint density at radius 2 is 1.80 bits per heavy atom. The number of rotatable bonds is 2. The first-order valence-corrected chi connectivity index (χ1v) is 9.05. The number of allylic oxidation sites excluding steroid dienone is 4. The molecule has 1 heterocycles. The van der Waals surface area contributed by atoms with Gasteiger partial charge in [0.15, 0.2) is 0 Å². The third-order valence-corrected chi connectivity index (χ3v) is 5.40. The van der Waals surface area contributed by atoms with E-state index in [0.29, 0.717) is 5.92 Å². The number of aromatic nitrogens is 1. The van der Waals surface area contributed by atoms with Crippen molar-refractivity contribution in [2.45, 2.75) is 19.9 Å². The van der Waals surface area contributed by atoms with Gasteiger partial charge in [0.2, 0.25) is 0 Å². The first-order chi connectivity index (χ1) is 12.3. The van der Waals surface area contributed by atoms with Crippen molar-refractivity contribution in [2.24, 2.45) is 5.92 Å². The van der Waals surface area contributed by atoms with E-state index in [1.807, 2.05) is 0 Å². The Morgan fingerprint density at radius 3 is 2.68 bits per heavy atom. The molecule has 4 aromatic rings. The molecule has 0 radical (unpaired) electrons. The first kappa shape index (κ1) is 14.5. The summed E-state index contributed by atoms with van der Waals surface area (Å²) >= 11 is 0. The third-order valence-electron chi connectivity index (χ3n) is 5.40. The molecular formula is C24H21N. The van der Waals surface area contributed by atoms with E-state index >= 15 is 0 Å². The van der Waals surface area contributed by atoms with Gasteiger partial charge < -0.3 is 4.57 Å². The maximum absolute atomic E-state index is 2.52. The summed E-state index contributed by atoms with van der Waals surface area (Å²) < 4.78 is 2.52.